The number of hydrazine groups is 1. The van der Waals surface area contributed by atoms with Gasteiger partial charge in [-0.15, -0.1) is 0 Å². The Balaban J connectivity index is 2.44. The molecule has 16 heavy (non-hydrogen) atoms. The first kappa shape index (κ1) is 13.3. The molecule has 0 aromatic heterocycles. The van der Waals surface area contributed by atoms with Gasteiger partial charge in [0, 0.05) is 19.6 Å². The highest BCUT2D eigenvalue weighted by atomic mass is 16.6. The van der Waals surface area contributed by atoms with Crippen LogP contribution < -0.4 is 11.3 Å². The van der Waals surface area contributed by atoms with Gasteiger partial charge in [0.1, 0.15) is 5.60 Å². The van der Waals surface area contributed by atoms with E-state index in [4.69, 9.17) is 10.6 Å². The number of nitrogens with two attached hydrogens (primary N) is 1. The molecule has 1 rings (SSSR count). The van der Waals surface area contributed by atoms with E-state index in [1.165, 1.54) is 0 Å². The van der Waals surface area contributed by atoms with E-state index < -0.39 is 5.60 Å². The Bertz CT molecular complexity index is 236. The molecule has 1 aliphatic rings. The van der Waals surface area contributed by atoms with Gasteiger partial charge in [-0.25, -0.2) is 4.79 Å². The van der Waals surface area contributed by atoms with Crippen LogP contribution in [0.2, 0.25) is 0 Å². The topological polar surface area (TPSA) is 67.6 Å². The summed E-state index contributed by atoms with van der Waals surface area (Å²) in [6.07, 6.45) is 1.92. The second kappa shape index (κ2) is 5.50. The van der Waals surface area contributed by atoms with Gasteiger partial charge in [0.15, 0.2) is 0 Å². The summed E-state index contributed by atoms with van der Waals surface area (Å²) in [6, 6.07) is 0. The monoisotopic (exact) mass is 229 g/mol. The molecule has 1 unspecified atom stereocenters. The molecule has 0 saturated carbocycles. The van der Waals surface area contributed by atoms with E-state index in [-0.39, 0.29) is 6.09 Å². The smallest absolute Gasteiger partial charge is 0.410 e. The number of carbonyl (C=O) groups is 1. The zero-order valence-electron chi connectivity index (χ0n) is 10.5. The van der Waals surface area contributed by atoms with Crippen molar-refractivity contribution in [1.29, 1.82) is 0 Å². The lowest BCUT2D eigenvalue weighted by molar-refractivity contribution is 0.0166. The molecule has 1 amide bonds. The Kier molecular flexibility index (Phi) is 4.56. The van der Waals surface area contributed by atoms with E-state index in [1.54, 1.807) is 4.90 Å². The van der Waals surface area contributed by atoms with Gasteiger partial charge >= 0.3 is 6.09 Å². The van der Waals surface area contributed by atoms with Crippen molar-refractivity contribution in [3.05, 3.63) is 0 Å². The number of carbonyl (C=O) groups excluding carboxylic acids is 1. The average molecular weight is 229 g/mol. The molecular formula is C11H23N3O2. The number of nitrogens with zero attached hydrogens (tertiary/aromatic N) is 1. The van der Waals surface area contributed by atoms with Gasteiger partial charge in [-0.3, -0.25) is 11.3 Å². The molecule has 1 heterocycles. The van der Waals surface area contributed by atoms with Crippen molar-refractivity contribution < 1.29 is 9.53 Å². The summed E-state index contributed by atoms with van der Waals surface area (Å²) in [5, 5.41) is 0. The molecule has 0 aromatic carbocycles. The summed E-state index contributed by atoms with van der Waals surface area (Å²) in [5.41, 5.74) is 2.25. The summed E-state index contributed by atoms with van der Waals surface area (Å²) in [4.78, 5) is 13.6. The SMILES string of the molecule is CC(C)(C)OC(=O)N1CCCC(CNN)C1. The third kappa shape index (κ3) is 4.37. The van der Waals surface area contributed by atoms with Gasteiger partial charge in [0.25, 0.3) is 0 Å². The number of hydrogen-bond acceptors (Lipinski definition) is 4. The number of amides is 1. The lowest BCUT2D eigenvalue weighted by Crippen LogP contribution is -2.45. The highest BCUT2D eigenvalue weighted by Gasteiger charge is 2.27. The molecule has 5 nitrogen and oxygen atoms in total. The van der Waals surface area contributed by atoms with E-state index >= 15 is 0 Å². The fourth-order valence-electron chi connectivity index (χ4n) is 1.89. The Hall–Kier alpha value is -0.810. The van der Waals surface area contributed by atoms with Gasteiger partial charge in [-0.2, -0.15) is 0 Å². The molecular weight excluding hydrogens is 206 g/mol. The van der Waals surface area contributed by atoms with Gasteiger partial charge in [-0.1, -0.05) is 0 Å². The van der Waals surface area contributed by atoms with E-state index in [1.807, 2.05) is 20.8 Å². The van der Waals surface area contributed by atoms with Crippen molar-refractivity contribution in [2.75, 3.05) is 19.6 Å². The zero-order chi connectivity index (χ0) is 12.2. The second-order valence-corrected chi connectivity index (χ2v) is 5.34. The lowest BCUT2D eigenvalue weighted by Gasteiger charge is -2.34. The fourth-order valence-corrected chi connectivity index (χ4v) is 1.89. The first-order chi connectivity index (χ1) is 7.42. The molecule has 1 atom stereocenters. The summed E-state index contributed by atoms with van der Waals surface area (Å²) in [7, 11) is 0. The third-order valence-electron chi connectivity index (χ3n) is 2.58. The summed E-state index contributed by atoms with van der Waals surface area (Å²) < 4.78 is 5.34. The van der Waals surface area contributed by atoms with Gasteiger partial charge in [-0.05, 0) is 39.5 Å². The van der Waals surface area contributed by atoms with Crippen LogP contribution in [-0.2, 0) is 4.74 Å². The zero-order valence-corrected chi connectivity index (χ0v) is 10.5. The van der Waals surface area contributed by atoms with Crippen molar-refractivity contribution in [2.45, 2.75) is 39.2 Å². The maximum absolute atomic E-state index is 11.8. The van der Waals surface area contributed by atoms with E-state index in [0.717, 1.165) is 32.5 Å². The van der Waals surface area contributed by atoms with Crippen LogP contribution in [0, 0.1) is 5.92 Å². The molecule has 1 fully saturated rings. The number of piperidine rings is 1. The molecule has 5 heteroatoms. The van der Waals surface area contributed by atoms with Crippen LogP contribution in [-0.4, -0.2) is 36.2 Å². The molecule has 94 valence electrons. The number of ether oxygens (including phenoxy) is 1. The third-order valence-corrected chi connectivity index (χ3v) is 2.58. The highest BCUT2D eigenvalue weighted by molar-refractivity contribution is 5.68. The molecule has 1 aliphatic heterocycles. The van der Waals surface area contributed by atoms with Crippen molar-refractivity contribution in [3.8, 4) is 0 Å². The van der Waals surface area contributed by atoms with Gasteiger partial charge < -0.3 is 9.64 Å². The largest absolute Gasteiger partial charge is 0.444 e. The standard InChI is InChI=1S/C11H23N3O2/c1-11(2,3)16-10(15)14-6-4-5-9(8-14)7-13-12/h9,13H,4-8,12H2,1-3H3. The Morgan fingerprint density at radius 2 is 2.25 bits per heavy atom. The molecule has 1 saturated heterocycles. The van der Waals surface area contributed by atoms with Crippen LogP contribution in [0.5, 0.6) is 0 Å². The van der Waals surface area contributed by atoms with Crippen LogP contribution in [0.4, 0.5) is 4.79 Å². The van der Waals surface area contributed by atoms with Crippen molar-refractivity contribution in [1.82, 2.24) is 10.3 Å². The normalized spacial score (nSPS) is 22.0. The Morgan fingerprint density at radius 3 is 2.81 bits per heavy atom. The predicted molar refractivity (Wildman–Crippen MR) is 62.7 cm³/mol. The van der Waals surface area contributed by atoms with Crippen LogP contribution in [0.25, 0.3) is 0 Å². The molecule has 0 aromatic rings. The molecule has 0 radical (unpaired) electrons. The molecule has 3 N–H and O–H groups in total. The first-order valence-electron chi connectivity index (χ1n) is 5.84. The minimum Gasteiger partial charge on any atom is -0.444 e. The van der Waals surface area contributed by atoms with Crippen LogP contribution >= 0.6 is 0 Å². The number of hydrogen-bond donors (Lipinski definition) is 2. The average Bonchev–Trinajstić information content (AvgIpc) is 2.16. The predicted octanol–water partition coefficient (Wildman–Crippen LogP) is 1.10. The summed E-state index contributed by atoms with van der Waals surface area (Å²) in [6.45, 7) is 7.92. The van der Waals surface area contributed by atoms with Crippen LogP contribution in [0.1, 0.15) is 33.6 Å². The Morgan fingerprint density at radius 1 is 1.56 bits per heavy atom. The number of nitrogens with one attached hydrogen (secondary N) is 1. The van der Waals surface area contributed by atoms with E-state index in [0.29, 0.717) is 5.92 Å². The first-order valence-corrected chi connectivity index (χ1v) is 5.84. The second-order valence-electron chi connectivity index (χ2n) is 5.34. The lowest BCUT2D eigenvalue weighted by atomic mass is 9.99. The quantitative estimate of drug-likeness (QED) is 0.549. The summed E-state index contributed by atoms with van der Waals surface area (Å²) >= 11 is 0. The number of likely N-dealkylation sites (tertiary alicyclic amines) is 1. The van der Waals surface area contributed by atoms with Gasteiger partial charge in [0.2, 0.25) is 0 Å². The maximum atomic E-state index is 11.8. The van der Waals surface area contributed by atoms with Crippen LogP contribution in [0.3, 0.4) is 0 Å². The minimum atomic E-state index is -0.420. The maximum Gasteiger partial charge on any atom is 0.410 e. The van der Waals surface area contributed by atoms with Crippen molar-refractivity contribution in [3.63, 3.8) is 0 Å². The summed E-state index contributed by atoms with van der Waals surface area (Å²) in [5.74, 6) is 5.73. The van der Waals surface area contributed by atoms with Crippen molar-refractivity contribution in [2.24, 2.45) is 11.8 Å². The Labute approximate surface area is 97.3 Å². The highest BCUT2D eigenvalue weighted by Crippen LogP contribution is 2.18. The molecule has 0 aliphatic carbocycles. The fraction of sp³-hybridized carbons (Fsp3) is 0.909. The molecule has 0 bridgehead atoms. The van der Waals surface area contributed by atoms with E-state index in [9.17, 15) is 4.79 Å². The van der Waals surface area contributed by atoms with Crippen molar-refractivity contribution >= 4 is 6.09 Å². The van der Waals surface area contributed by atoms with Gasteiger partial charge in [0.05, 0.1) is 0 Å². The molecule has 0 spiro atoms. The number of rotatable bonds is 2. The van der Waals surface area contributed by atoms with Crippen LogP contribution in [0.15, 0.2) is 0 Å². The van der Waals surface area contributed by atoms with E-state index in [2.05, 4.69) is 5.43 Å². The minimum absolute atomic E-state index is 0.214.